The fourth-order valence-electron chi connectivity index (χ4n) is 2.44. The zero-order valence-electron chi connectivity index (χ0n) is 12.7. The highest BCUT2D eigenvalue weighted by atomic mass is 28.4. The molecule has 0 spiro atoms. The van der Waals surface area contributed by atoms with Gasteiger partial charge in [0.15, 0.2) is 22.9 Å². The Labute approximate surface area is 117 Å². The van der Waals surface area contributed by atoms with Crippen LogP contribution >= 0.6 is 0 Å². The third-order valence-electron chi connectivity index (χ3n) is 3.02. The molecule has 0 aliphatic carbocycles. The minimum absolute atomic E-state index is 0.173. The van der Waals surface area contributed by atoms with Crippen LogP contribution < -0.4 is 0 Å². The molecule has 0 amide bonds. The van der Waals surface area contributed by atoms with Gasteiger partial charge in [-0.1, -0.05) is 0 Å². The quantitative estimate of drug-likeness (QED) is 0.799. The molecule has 0 radical (unpaired) electrons. The van der Waals surface area contributed by atoms with Crippen molar-refractivity contribution in [1.82, 2.24) is 0 Å². The maximum atomic E-state index is 10.6. The van der Waals surface area contributed by atoms with Gasteiger partial charge >= 0.3 is 0 Å². The molecule has 0 aromatic heterocycles. The van der Waals surface area contributed by atoms with Crippen LogP contribution in [0.1, 0.15) is 0 Å². The summed E-state index contributed by atoms with van der Waals surface area (Å²) in [4.78, 5) is 0. The molecule has 2 aliphatic heterocycles. The highest BCUT2D eigenvalue weighted by Crippen LogP contribution is 2.34. The summed E-state index contributed by atoms with van der Waals surface area (Å²) >= 11 is 0. The van der Waals surface area contributed by atoms with Gasteiger partial charge in [0, 0.05) is 0 Å². The van der Waals surface area contributed by atoms with Crippen LogP contribution in [0, 0.1) is 0 Å². The van der Waals surface area contributed by atoms with Crippen LogP contribution in [0.15, 0.2) is 0 Å². The lowest BCUT2D eigenvalue weighted by Crippen LogP contribution is -2.59. The molecule has 2 aliphatic rings. The second-order valence-electron chi connectivity index (χ2n) is 7.26. The Hall–Kier alpha value is 0.234. The van der Waals surface area contributed by atoms with Gasteiger partial charge in [-0.3, -0.25) is 0 Å². The predicted molar refractivity (Wildman–Crippen MR) is 77.1 cm³/mol. The van der Waals surface area contributed by atoms with Gasteiger partial charge < -0.3 is 23.4 Å². The van der Waals surface area contributed by atoms with Crippen molar-refractivity contribution < 1.29 is 23.4 Å². The molecule has 1 unspecified atom stereocenters. The standard InChI is InChI=1S/C12H26O5Si2/c1-18(2,3)16-10-8-7-14-12(15-8)11(9(10)13)17-19(4,5)6/h8-13H,7H2,1-6H3/t8-,9+,10-,11-,12?/m1/s1. The molecule has 2 heterocycles. The molecule has 0 aromatic rings. The van der Waals surface area contributed by atoms with Crippen molar-refractivity contribution in [2.24, 2.45) is 0 Å². The molecule has 5 nitrogen and oxygen atoms in total. The van der Waals surface area contributed by atoms with Crippen molar-refractivity contribution in [3.8, 4) is 0 Å². The first-order valence-corrected chi connectivity index (χ1v) is 13.7. The van der Waals surface area contributed by atoms with E-state index < -0.39 is 35.1 Å². The molecule has 112 valence electrons. The third-order valence-corrected chi connectivity index (χ3v) is 4.98. The number of aliphatic hydroxyl groups is 1. The topological polar surface area (TPSA) is 57.2 Å². The smallest absolute Gasteiger partial charge is 0.185 e. The Bertz CT molecular complexity index is 295. The van der Waals surface area contributed by atoms with Crippen molar-refractivity contribution in [2.75, 3.05) is 6.61 Å². The number of hydrogen-bond acceptors (Lipinski definition) is 5. The molecule has 5 atom stereocenters. The van der Waals surface area contributed by atoms with Gasteiger partial charge in [0.1, 0.15) is 24.4 Å². The number of rotatable bonds is 4. The molecular weight excluding hydrogens is 280 g/mol. The van der Waals surface area contributed by atoms with E-state index in [0.717, 1.165) is 0 Å². The van der Waals surface area contributed by atoms with E-state index >= 15 is 0 Å². The second kappa shape index (κ2) is 5.21. The highest BCUT2D eigenvalue weighted by molar-refractivity contribution is 6.70. The van der Waals surface area contributed by atoms with Crippen molar-refractivity contribution in [3.05, 3.63) is 0 Å². The first-order chi connectivity index (χ1) is 8.57. The summed E-state index contributed by atoms with van der Waals surface area (Å²) in [5, 5.41) is 10.6. The molecule has 2 rings (SSSR count). The van der Waals surface area contributed by atoms with Crippen LogP contribution in [-0.2, 0) is 18.3 Å². The molecule has 0 saturated carbocycles. The second-order valence-corrected chi connectivity index (χ2v) is 16.2. The Morgan fingerprint density at radius 3 is 2.00 bits per heavy atom. The Balaban J connectivity index is 2.13. The average Bonchev–Trinajstić information content (AvgIpc) is 2.63. The summed E-state index contributed by atoms with van der Waals surface area (Å²) in [6, 6.07) is 0. The monoisotopic (exact) mass is 306 g/mol. The summed E-state index contributed by atoms with van der Waals surface area (Å²) in [7, 11) is -3.53. The summed E-state index contributed by atoms with van der Waals surface area (Å²) in [5.74, 6) is 0. The first-order valence-electron chi connectivity index (χ1n) is 6.88. The third kappa shape index (κ3) is 3.87. The fraction of sp³-hybridized carbons (Fsp3) is 1.00. The van der Waals surface area contributed by atoms with E-state index in [9.17, 15) is 5.11 Å². The van der Waals surface area contributed by atoms with Gasteiger partial charge in [0.05, 0.1) is 6.61 Å². The van der Waals surface area contributed by atoms with E-state index in [-0.39, 0.29) is 12.2 Å². The van der Waals surface area contributed by atoms with E-state index in [4.69, 9.17) is 18.3 Å². The van der Waals surface area contributed by atoms with Gasteiger partial charge in [-0.25, -0.2) is 0 Å². The predicted octanol–water partition coefficient (Wildman–Crippen LogP) is 1.54. The van der Waals surface area contributed by atoms with Gasteiger partial charge in [-0.05, 0) is 39.3 Å². The number of hydrogen-bond donors (Lipinski definition) is 1. The zero-order chi connectivity index (χ0) is 14.4. The van der Waals surface area contributed by atoms with Crippen LogP contribution in [0.25, 0.3) is 0 Å². The van der Waals surface area contributed by atoms with E-state index in [1.54, 1.807) is 0 Å². The zero-order valence-corrected chi connectivity index (χ0v) is 14.7. The Morgan fingerprint density at radius 1 is 0.947 bits per heavy atom. The maximum Gasteiger partial charge on any atom is 0.185 e. The lowest BCUT2D eigenvalue weighted by atomic mass is 10.0. The first kappa shape index (κ1) is 15.6. The van der Waals surface area contributed by atoms with Crippen molar-refractivity contribution in [3.63, 3.8) is 0 Å². The fourth-order valence-corrected chi connectivity index (χ4v) is 4.62. The van der Waals surface area contributed by atoms with Crippen LogP contribution in [-0.4, -0.2) is 59.1 Å². The summed E-state index contributed by atoms with van der Waals surface area (Å²) in [5.41, 5.74) is 0. The largest absolute Gasteiger partial charge is 0.409 e. The van der Waals surface area contributed by atoms with Crippen LogP contribution in [0.4, 0.5) is 0 Å². The summed E-state index contributed by atoms with van der Waals surface area (Å²) in [6.07, 6.45) is -2.08. The molecule has 1 N–H and O–H groups in total. The lowest BCUT2D eigenvalue weighted by Gasteiger charge is -2.42. The molecular formula is C12H26O5Si2. The van der Waals surface area contributed by atoms with E-state index in [0.29, 0.717) is 6.61 Å². The SMILES string of the molecule is C[Si](C)(C)O[C@H]1[C@H](O)[C@@H](O[Si](C)(C)C)C2OC[C@H]1O2. The van der Waals surface area contributed by atoms with E-state index in [1.165, 1.54) is 0 Å². The van der Waals surface area contributed by atoms with Crippen LogP contribution in [0.2, 0.25) is 39.3 Å². The molecule has 0 aromatic carbocycles. The van der Waals surface area contributed by atoms with Crippen LogP contribution in [0.5, 0.6) is 0 Å². The number of aliphatic hydroxyl groups excluding tert-OH is 1. The number of ether oxygens (including phenoxy) is 2. The lowest BCUT2D eigenvalue weighted by molar-refractivity contribution is -0.219. The van der Waals surface area contributed by atoms with Gasteiger partial charge in [-0.2, -0.15) is 0 Å². The van der Waals surface area contributed by atoms with Gasteiger partial charge in [0.2, 0.25) is 0 Å². The minimum Gasteiger partial charge on any atom is -0.409 e. The average molecular weight is 307 g/mol. The summed E-state index contributed by atoms with van der Waals surface area (Å²) < 4.78 is 23.5. The summed E-state index contributed by atoms with van der Waals surface area (Å²) in [6.45, 7) is 13.1. The number of fused-ring (bicyclic) bond motifs is 2. The van der Waals surface area contributed by atoms with Gasteiger partial charge in [-0.15, -0.1) is 0 Å². The van der Waals surface area contributed by atoms with Crippen molar-refractivity contribution in [1.29, 1.82) is 0 Å². The van der Waals surface area contributed by atoms with E-state index in [2.05, 4.69) is 39.3 Å². The normalized spacial score (nSPS) is 39.6. The van der Waals surface area contributed by atoms with Crippen LogP contribution in [0.3, 0.4) is 0 Å². The molecule has 19 heavy (non-hydrogen) atoms. The van der Waals surface area contributed by atoms with Crippen molar-refractivity contribution in [2.45, 2.75) is 70.0 Å². The van der Waals surface area contributed by atoms with Gasteiger partial charge in [0.25, 0.3) is 0 Å². The molecule has 2 fully saturated rings. The Kier molecular flexibility index (Phi) is 4.28. The Morgan fingerprint density at radius 2 is 1.47 bits per heavy atom. The molecule has 2 saturated heterocycles. The highest BCUT2D eigenvalue weighted by Gasteiger charge is 2.53. The molecule has 7 heteroatoms. The van der Waals surface area contributed by atoms with Crippen molar-refractivity contribution >= 4 is 16.6 Å². The minimum atomic E-state index is -1.78. The maximum absolute atomic E-state index is 10.6. The molecule has 2 bridgehead atoms. The van der Waals surface area contributed by atoms with E-state index in [1.807, 2.05) is 0 Å².